The smallest absolute Gasteiger partial charge is 0.336 e. The van der Waals surface area contributed by atoms with Crippen LogP contribution in [0.5, 0.6) is 0 Å². The predicted octanol–water partition coefficient (Wildman–Crippen LogP) is 3.22. The molecule has 7 heteroatoms. The van der Waals surface area contributed by atoms with Crippen molar-refractivity contribution in [1.29, 1.82) is 0 Å². The lowest BCUT2D eigenvalue weighted by molar-refractivity contribution is -0.384. The number of carbonyl (C=O) groups excluding carboxylic acids is 2. The molecular weight excluding hydrogens is 348 g/mol. The second-order valence-corrected chi connectivity index (χ2v) is 6.25. The normalized spacial score (nSPS) is 16.6. The molecule has 0 aliphatic carbocycles. The predicted molar refractivity (Wildman–Crippen MR) is 97.5 cm³/mol. The van der Waals surface area contributed by atoms with Gasteiger partial charge in [0.15, 0.2) is 0 Å². The van der Waals surface area contributed by atoms with Crippen LogP contribution in [0, 0.1) is 10.1 Å². The molecule has 1 amide bonds. The van der Waals surface area contributed by atoms with Crippen molar-refractivity contribution >= 4 is 17.6 Å². The molecular formula is C20H18N2O5. The van der Waals surface area contributed by atoms with Gasteiger partial charge in [0.05, 0.1) is 10.5 Å². The van der Waals surface area contributed by atoms with Gasteiger partial charge >= 0.3 is 5.97 Å². The Bertz CT molecular complexity index is 904. The molecule has 0 spiro atoms. The first kappa shape index (κ1) is 18.3. The highest BCUT2D eigenvalue weighted by atomic mass is 16.6. The van der Waals surface area contributed by atoms with Crippen molar-refractivity contribution in [3.05, 3.63) is 87.1 Å². The summed E-state index contributed by atoms with van der Waals surface area (Å²) in [5.41, 5.74) is 2.26. The van der Waals surface area contributed by atoms with E-state index in [4.69, 9.17) is 4.74 Å². The Morgan fingerprint density at radius 1 is 1.19 bits per heavy atom. The second-order valence-electron chi connectivity index (χ2n) is 6.25. The van der Waals surface area contributed by atoms with Crippen LogP contribution in [0.3, 0.4) is 0 Å². The molecule has 1 atom stereocenters. The molecule has 1 N–H and O–H groups in total. The van der Waals surface area contributed by atoms with Crippen LogP contribution in [0.25, 0.3) is 0 Å². The van der Waals surface area contributed by atoms with E-state index in [1.165, 1.54) is 12.1 Å². The van der Waals surface area contributed by atoms with Crippen LogP contribution in [0.2, 0.25) is 0 Å². The van der Waals surface area contributed by atoms with E-state index in [9.17, 15) is 19.7 Å². The van der Waals surface area contributed by atoms with Gasteiger partial charge < -0.3 is 10.1 Å². The first-order valence-corrected chi connectivity index (χ1v) is 8.41. The Labute approximate surface area is 155 Å². The van der Waals surface area contributed by atoms with Crippen LogP contribution >= 0.6 is 0 Å². The van der Waals surface area contributed by atoms with Gasteiger partial charge in [0, 0.05) is 30.2 Å². The van der Waals surface area contributed by atoms with E-state index < -0.39 is 16.8 Å². The minimum absolute atomic E-state index is 0.0482. The van der Waals surface area contributed by atoms with Crippen molar-refractivity contribution in [1.82, 2.24) is 5.32 Å². The fourth-order valence-corrected chi connectivity index (χ4v) is 3.09. The molecule has 0 saturated carbocycles. The second kappa shape index (κ2) is 7.82. The van der Waals surface area contributed by atoms with Crippen molar-refractivity contribution in [3.63, 3.8) is 0 Å². The molecule has 2 aromatic rings. The maximum Gasteiger partial charge on any atom is 0.336 e. The Hall–Kier alpha value is -3.48. The lowest BCUT2D eigenvalue weighted by Gasteiger charge is -2.26. The van der Waals surface area contributed by atoms with Crippen molar-refractivity contribution < 1.29 is 19.2 Å². The molecule has 3 rings (SSSR count). The Morgan fingerprint density at radius 2 is 1.85 bits per heavy atom. The number of rotatable bonds is 5. The van der Waals surface area contributed by atoms with E-state index >= 15 is 0 Å². The summed E-state index contributed by atoms with van der Waals surface area (Å²) < 4.78 is 5.43. The molecule has 27 heavy (non-hydrogen) atoms. The first-order chi connectivity index (χ1) is 13.0. The number of hydrogen-bond donors (Lipinski definition) is 1. The van der Waals surface area contributed by atoms with Gasteiger partial charge in [-0.3, -0.25) is 14.9 Å². The van der Waals surface area contributed by atoms with Gasteiger partial charge in [-0.2, -0.15) is 0 Å². The monoisotopic (exact) mass is 366 g/mol. The number of allylic oxidation sites excluding steroid dienone is 1. The van der Waals surface area contributed by atoms with Crippen molar-refractivity contribution in [2.45, 2.75) is 25.9 Å². The SMILES string of the molecule is CC1=C(C(=O)OCc2ccccc2)C(c2ccc([N+](=O)[O-])cc2)CC(=O)N1. The minimum Gasteiger partial charge on any atom is -0.457 e. The third kappa shape index (κ3) is 4.20. The van der Waals surface area contributed by atoms with E-state index in [2.05, 4.69) is 5.32 Å². The zero-order chi connectivity index (χ0) is 19.4. The van der Waals surface area contributed by atoms with Gasteiger partial charge in [0.2, 0.25) is 5.91 Å². The van der Waals surface area contributed by atoms with E-state index in [1.807, 2.05) is 30.3 Å². The zero-order valence-electron chi connectivity index (χ0n) is 14.7. The Kier molecular flexibility index (Phi) is 5.30. The minimum atomic E-state index is -0.514. The number of ether oxygens (including phenoxy) is 1. The number of esters is 1. The highest BCUT2D eigenvalue weighted by molar-refractivity contribution is 5.95. The first-order valence-electron chi connectivity index (χ1n) is 8.41. The van der Waals surface area contributed by atoms with Crippen LogP contribution in [-0.4, -0.2) is 16.8 Å². The van der Waals surface area contributed by atoms with Crippen LogP contribution in [-0.2, 0) is 20.9 Å². The lowest BCUT2D eigenvalue weighted by Crippen LogP contribution is -2.34. The number of non-ortho nitro benzene ring substituents is 1. The van der Waals surface area contributed by atoms with Crippen LogP contribution < -0.4 is 5.32 Å². The van der Waals surface area contributed by atoms with Gasteiger partial charge in [0.25, 0.3) is 5.69 Å². The summed E-state index contributed by atoms with van der Waals surface area (Å²) in [5.74, 6) is -1.24. The number of amides is 1. The number of hydrogen-bond acceptors (Lipinski definition) is 5. The summed E-state index contributed by atoms with van der Waals surface area (Å²) in [6.45, 7) is 1.77. The number of nitro benzene ring substituents is 1. The summed E-state index contributed by atoms with van der Waals surface area (Å²) >= 11 is 0. The van der Waals surface area contributed by atoms with Gasteiger partial charge in [-0.05, 0) is 18.1 Å². The third-order valence-electron chi connectivity index (χ3n) is 4.41. The fourth-order valence-electron chi connectivity index (χ4n) is 3.09. The van der Waals surface area contributed by atoms with E-state index in [0.717, 1.165) is 5.56 Å². The number of carbonyl (C=O) groups is 2. The van der Waals surface area contributed by atoms with E-state index in [-0.39, 0.29) is 24.6 Å². The van der Waals surface area contributed by atoms with Crippen LogP contribution in [0.1, 0.15) is 30.4 Å². The average molecular weight is 366 g/mol. The van der Waals surface area contributed by atoms with E-state index in [0.29, 0.717) is 16.8 Å². The van der Waals surface area contributed by atoms with Crippen LogP contribution in [0.4, 0.5) is 5.69 Å². The van der Waals surface area contributed by atoms with Gasteiger partial charge in [-0.15, -0.1) is 0 Å². The molecule has 0 aromatic heterocycles. The lowest BCUT2D eigenvalue weighted by atomic mass is 9.84. The van der Waals surface area contributed by atoms with Gasteiger partial charge in [-0.1, -0.05) is 42.5 Å². The van der Waals surface area contributed by atoms with Gasteiger partial charge in [0.1, 0.15) is 6.61 Å². The Balaban J connectivity index is 1.85. The average Bonchev–Trinajstić information content (AvgIpc) is 2.66. The number of nitrogens with one attached hydrogen (secondary N) is 1. The summed E-state index contributed by atoms with van der Waals surface area (Å²) in [5, 5.41) is 13.5. The largest absolute Gasteiger partial charge is 0.457 e. The molecule has 0 radical (unpaired) electrons. The molecule has 1 unspecified atom stereocenters. The molecule has 1 aliphatic heterocycles. The maximum atomic E-state index is 12.7. The molecule has 0 fully saturated rings. The third-order valence-corrected chi connectivity index (χ3v) is 4.41. The van der Waals surface area contributed by atoms with E-state index in [1.54, 1.807) is 19.1 Å². The maximum absolute atomic E-state index is 12.7. The summed E-state index contributed by atoms with van der Waals surface area (Å²) in [6.07, 6.45) is 0.0743. The summed E-state index contributed by atoms with van der Waals surface area (Å²) in [7, 11) is 0. The molecule has 2 aromatic carbocycles. The molecule has 1 aliphatic rings. The summed E-state index contributed by atoms with van der Waals surface area (Å²) in [6, 6.07) is 15.2. The van der Waals surface area contributed by atoms with Crippen molar-refractivity contribution in [2.24, 2.45) is 0 Å². The highest BCUT2D eigenvalue weighted by Gasteiger charge is 2.33. The Morgan fingerprint density at radius 3 is 2.48 bits per heavy atom. The molecule has 1 heterocycles. The molecule has 138 valence electrons. The number of benzene rings is 2. The molecule has 7 nitrogen and oxygen atoms in total. The zero-order valence-corrected chi connectivity index (χ0v) is 14.7. The van der Waals surface area contributed by atoms with Crippen LogP contribution in [0.15, 0.2) is 65.9 Å². The highest BCUT2D eigenvalue weighted by Crippen LogP contribution is 2.34. The standard InChI is InChI=1S/C20H18N2O5/c1-13-19(20(24)27-12-14-5-3-2-4-6-14)17(11-18(23)21-13)15-7-9-16(10-8-15)22(25)26/h2-10,17H,11-12H2,1H3,(H,21,23). The van der Waals surface area contributed by atoms with Gasteiger partial charge in [-0.25, -0.2) is 4.79 Å². The van der Waals surface area contributed by atoms with Crippen molar-refractivity contribution in [3.8, 4) is 0 Å². The summed E-state index contributed by atoms with van der Waals surface area (Å²) in [4.78, 5) is 35.0. The van der Waals surface area contributed by atoms with Crippen molar-refractivity contribution in [2.75, 3.05) is 0 Å². The number of nitro groups is 1. The quantitative estimate of drug-likeness (QED) is 0.498. The number of nitrogens with zero attached hydrogens (tertiary/aromatic N) is 1. The molecule has 0 bridgehead atoms. The fraction of sp³-hybridized carbons (Fsp3) is 0.200. The molecule has 0 saturated heterocycles. The topological polar surface area (TPSA) is 98.5 Å².